The van der Waals surface area contributed by atoms with E-state index < -0.39 is 0 Å². The quantitative estimate of drug-likeness (QED) is 0.170. The van der Waals surface area contributed by atoms with Crippen molar-refractivity contribution in [1.29, 1.82) is 0 Å². The summed E-state index contributed by atoms with van der Waals surface area (Å²) in [7, 11) is 1.63. The normalized spacial score (nSPS) is 19.4. The minimum absolute atomic E-state index is 0.274. The van der Waals surface area contributed by atoms with Gasteiger partial charge in [-0.15, -0.1) is 0 Å². The van der Waals surface area contributed by atoms with Crippen molar-refractivity contribution in [2.45, 2.75) is 25.0 Å². The molecular formula is C33H28BrClN2O2. The van der Waals surface area contributed by atoms with Gasteiger partial charge in [-0.2, -0.15) is 0 Å². The summed E-state index contributed by atoms with van der Waals surface area (Å²) in [5.74, 6) is 2.24. The van der Waals surface area contributed by atoms with Crippen molar-refractivity contribution < 1.29 is 9.47 Å². The fraction of sp³-hybridized carbons (Fsp3) is 0.182. The van der Waals surface area contributed by atoms with Gasteiger partial charge >= 0.3 is 0 Å². The fourth-order valence-corrected chi connectivity index (χ4v) is 6.27. The average molecular weight is 600 g/mol. The number of hydrogen-bond acceptors (Lipinski definition) is 4. The van der Waals surface area contributed by atoms with E-state index in [1.165, 1.54) is 16.8 Å². The molecule has 6 rings (SSSR count). The Bertz CT molecular complexity index is 1550. The number of halogens is 2. The number of ether oxygens (including phenoxy) is 2. The molecule has 3 atom stereocenters. The van der Waals surface area contributed by atoms with Crippen LogP contribution in [0.2, 0.25) is 5.02 Å². The Hall–Kier alpha value is -3.54. The van der Waals surface area contributed by atoms with Gasteiger partial charge in [0.05, 0.1) is 23.3 Å². The van der Waals surface area contributed by atoms with Crippen LogP contribution in [0, 0.1) is 5.92 Å². The minimum atomic E-state index is 0.274. The summed E-state index contributed by atoms with van der Waals surface area (Å²) >= 11 is 9.91. The van der Waals surface area contributed by atoms with Gasteiger partial charge in [0.15, 0.2) is 11.5 Å². The molecule has 6 heteroatoms. The predicted octanol–water partition coefficient (Wildman–Crippen LogP) is 9.27. The van der Waals surface area contributed by atoms with Crippen LogP contribution in [-0.2, 0) is 6.61 Å². The van der Waals surface area contributed by atoms with Crippen LogP contribution in [0.5, 0.6) is 11.5 Å². The highest BCUT2D eigenvalue weighted by Crippen LogP contribution is 2.49. The molecule has 4 aromatic carbocycles. The molecule has 0 unspecified atom stereocenters. The van der Waals surface area contributed by atoms with E-state index in [4.69, 9.17) is 26.1 Å². The van der Waals surface area contributed by atoms with Gasteiger partial charge in [-0.1, -0.05) is 72.3 Å². The van der Waals surface area contributed by atoms with Crippen molar-refractivity contribution in [2.75, 3.05) is 12.4 Å². The monoisotopic (exact) mass is 598 g/mol. The number of nitrogens with zero attached hydrogens (tertiary/aromatic N) is 1. The van der Waals surface area contributed by atoms with Crippen molar-refractivity contribution >= 4 is 45.1 Å². The molecule has 4 nitrogen and oxygen atoms in total. The lowest BCUT2D eigenvalue weighted by molar-refractivity contribution is 0.282. The number of fused-ring (bicyclic) bond motifs is 3. The van der Waals surface area contributed by atoms with Crippen molar-refractivity contribution in [2.24, 2.45) is 10.9 Å². The first-order valence-electron chi connectivity index (χ1n) is 13.0. The highest BCUT2D eigenvalue weighted by atomic mass is 79.9. The van der Waals surface area contributed by atoms with Crippen molar-refractivity contribution in [3.8, 4) is 11.5 Å². The third kappa shape index (κ3) is 5.34. The van der Waals surface area contributed by atoms with Gasteiger partial charge < -0.3 is 14.8 Å². The number of nitrogens with one attached hydrogen (secondary N) is 1. The molecule has 0 radical (unpaired) electrons. The van der Waals surface area contributed by atoms with Crippen LogP contribution >= 0.6 is 27.5 Å². The highest BCUT2D eigenvalue weighted by Gasteiger charge is 2.37. The van der Waals surface area contributed by atoms with Crippen LogP contribution in [0.25, 0.3) is 0 Å². The van der Waals surface area contributed by atoms with Gasteiger partial charge in [-0.05, 0) is 81.4 Å². The van der Waals surface area contributed by atoms with E-state index >= 15 is 0 Å². The van der Waals surface area contributed by atoms with Crippen LogP contribution < -0.4 is 14.8 Å². The summed E-state index contributed by atoms with van der Waals surface area (Å²) in [6.07, 6.45) is 7.62. The van der Waals surface area contributed by atoms with E-state index in [0.29, 0.717) is 35.0 Å². The molecule has 2 aliphatic rings. The molecule has 4 aromatic rings. The van der Waals surface area contributed by atoms with E-state index in [9.17, 15) is 0 Å². The van der Waals surface area contributed by atoms with Gasteiger partial charge in [-0.25, -0.2) is 0 Å². The summed E-state index contributed by atoms with van der Waals surface area (Å²) in [5.41, 5.74) is 6.62. The molecule has 0 amide bonds. The van der Waals surface area contributed by atoms with Crippen LogP contribution in [0.3, 0.4) is 0 Å². The van der Waals surface area contributed by atoms with E-state index in [1.54, 1.807) is 7.11 Å². The number of anilines is 1. The molecule has 0 spiro atoms. The predicted molar refractivity (Wildman–Crippen MR) is 163 cm³/mol. The number of allylic oxidation sites excluding steroid dienone is 2. The molecule has 1 aliphatic carbocycles. The van der Waals surface area contributed by atoms with Crippen LogP contribution in [-0.4, -0.2) is 13.3 Å². The molecular weight excluding hydrogens is 572 g/mol. The second-order valence-electron chi connectivity index (χ2n) is 9.83. The maximum Gasteiger partial charge on any atom is 0.175 e. The second-order valence-corrected chi connectivity index (χ2v) is 11.1. The smallest absolute Gasteiger partial charge is 0.175 e. The van der Waals surface area contributed by atoms with Gasteiger partial charge in [-0.3, -0.25) is 4.99 Å². The van der Waals surface area contributed by atoms with Crippen LogP contribution in [0.15, 0.2) is 107 Å². The molecule has 0 bridgehead atoms. The molecule has 1 aliphatic heterocycles. The number of hydrogen-bond donors (Lipinski definition) is 1. The van der Waals surface area contributed by atoms with E-state index in [2.05, 4.69) is 81.9 Å². The van der Waals surface area contributed by atoms with Gasteiger partial charge in [0.1, 0.15) is 6.61 Å². The molecule has 0 saturated carbocycles. The maximum absolute atomic E-state index is 6.28. The average Bonchev–Trinajstić information content (AvgIpc) is 3.46. The third-order valence-corrected chi connectivity index (χ3v) is 8.43. The Morgan fingerprint density at radius 1 is 1.03 bits per heavy atom. The first kappa shape index (κ1) is 25.7. The van der Waals surface area contributed by atoms with Crippen molar-refractivity contribution in [3.63, 3.8) is 0 Å². The van der Waals surface area contributed by atoms with Gasteiger partial charge in [0, 0.05) is 28.4 Å². The first-order chi connectivity index (χ1) is 19.1. The Balaban J connectivity index is 1.17. The SMILES string of the molecule is COc1cc(C=Nc2ccc([C@@H]3Nc4ccccc4[C@@H]4C=CC[C@@H]43)cc2)cc(Br)c1OCc1ccccc1Cl. The molecule has 196 valence electrons. The summed E-state index contributed by atoms with van der Waals surface area (Å²) in [6.45, 7) is 0.341. The lowest BCUT2D eigenvalue weighted by atomic mass is 9.77. The maximum atomic E-state index is 6.28. The Morgan fingerprint density at radius 2 is 1.82 bits per heavy atom. The van der Waals surface area contributed by atoms with Crippen LogP contribution in [0.4, 0.5) is 11.4 Å². The van der Waals surface area contributed by atoms with E-state index in [0.717, 1.165) is 27.7 Å². The largest absolute Gasteiger partial charge is 0.493 e. The summed E-state index contributed by atoms with van der Waals surface area (Å²) in [5, 5.41) is 4.47. The van der Waals surface area contributed by atoms with Crippen molar-refractivity contribution in [3.05, 3.63) is 129 Å². The number of methoxy groups -OCH3 is 1. The van der Waals surface area contributed by atoms with Gasteiger partial charge in [0.2, 0.25) is 0 Å². The molecule has 1 N–H and O–H groups in total. The number of benzene rings is 4. The number of para-hydroxylation sites is 1. The fourth-order valence-electron chi connectivity index (χ4n) is 5.51. The molecule has 39 heavy (non-hydrogen) atoms. The zero-order valence-electron chi connectivity index (χ0n) is 21.5. The second kappa shape index (κ2) is 11.3. The topological polar surface area (TPSA) is 42.8 Å². The first-order valence-corrected chi connectivity index (χ1v) is 14.2. The highest BCUT2D eigenvalue weighted by molar-refractivity contribution is 9.10. The summed E-state index contributed by atoms with van der Waals surface area (Å²) in [4.78, 5) is 4.72. The van der Waals surface area contributed by atoms with E-state index in [1.807, 2.05) is 42.6 Å². The third-order valence-electron chi connectivity index (χ3n) is 7.47. The Kier molecular flexibility index (Phi) is 7.45. The van der Waals surface area contributed by atoms with E-state index in [-0.39, 0.29) is 6.04 Å². The summed E-state index contributed by atoms with van der Waals surface area (Å²) in [6, 6.07) is 29.0. The lowest BCUT2D eigenvalue weighted by Gasteiger charge is -2.37. The molecule has 1 heterocycles. The molecule has 0 saturated heterocycles. The van der Waals surface area contributed by atoms with Crippen molar-refractivity contribution in [1.82, 2.24) is 0 Å². The minimum Gasteiger partial charge on any atom is -0.493 e. The Labute approximate surface area is 242 Å². The number of rotatable bonds is 7. The van der Waals surface area contributed by atoms with Crippen LogP contribution in [0.1, 0.15) is 40.6 Å². The Morgan fingerprint density at radius 3 is 2.64 bits per heavy atom. The zero-order chi connectivity index (χ0) is 26.8. The standard InChI is InChI=1S/C33H28BrClN2O2/c1-38-31-18-21(17-28(34)33(31)39-20-23-7-2-4-11-29(23)35)19-36-24-15-13-22(14-16-24)32-27-10-6-9-25(27)26-8-3-5-12-30(26)37-32/h2-9,11-19,25,27,32,37H,10,20H2,1H3/t25-,27-,32-/m0/s1. The molecule has 0 aromatic heterocycles. The molecule has 0 fully saturated rings. The lowest BCUT2D eigenvalue weighted by Crippen LogP contribution is -2.28. The zero-order valence-corrected chi connectivity index (χ0v) is 23.8. The number of aliphatic imine (C=N–C) groups is 1. The summed E-state index contributed by atoms with van der Waals surface area (Å²) < 4.78 is 12.5. The van der Waals surface area contributed by atoms with Gasteiger partial charge in [0.25, 0.3) is 0 Å².